The summed E-state index contributed by atoms with van der Waals surface area (Å²) in [5.74, 6) is 1.08. The average Bonchev–Trinajstić information content (AvgIpc) is 3.26. The molecule has 0 unspecified atom stereocenters. The molecular formula is C24H25N5O2S. The van der Waals surface area contributed by atoms with Gasteiger partial charge in [-0.05, 0) is 49.4 Å². The Bertz CT molecular complexity index is 1120. The van der Waals surface area contributed by atoms with Gasteiger partial charge in [-0.15, -0.1) is 11.8 Å². The monoisotopic (exact) mass is 447 g/mol. The molecule has 1 saturated heterocycles. The zero-order chi connectivity index (χ0) is 22.5. The third-order valence-electron chi connectivity index (χ3n) is 5.57. The van der Waals surface area contributed by atoms with Gasteiger partial charge in [-0.25, -0.2) is 9.97 Å². The van der Waals surface area contributed by atoms with Crippen molar-refractivity contribution in [3.8, 4) is 17.7 Å². The molecule has 1 amide bonds. The van der Waals surface area contributed by atoms with Crippen molar-refractivity contribution in [3.05, 3.63) is 65.0 Å². The van der Waals surface area contributed by atoms with Crippen molar-refractivity contribution in [2.75, 3.05) is 32.4 Å². The average molecular weight is 448 g/mol. The Morgan fingerprint density at radius 3 is 2.66 bits per heavy atom. The van der Waals surface area contributed by atoms with Crippen LogP contribution >= 0.6 is 11.8 Å². The van der Waals surface area contributed by atoms with Crippen LogP contribution in [0.4, 0.5) is 0 Å². The topological polar surface area (TPSA) is 86.3 Å². The number of aromatic nitrogens is 2. The fourth-order valence-electron chi connectivity index (χ4n) is 3.89. The number of carbonyl (C=O) groups is 1. The second kappa shape index (κ2) is 9.98. The van der Waals surface area contributed by atoms with Gasteiger partial charge in [-0.3, -0.25) is 9.69 Å². The number of rotatable bonds is 5. The lowest BCUT2D eigenvalue weighted by Crippen LogP contribution is -2.36. The van der Waals surface area contributed by atoms with Crippen LogP contribution in [0.15, 0.2) is 52.1 Å². The molecule has 0 radical (unpaired) electrons. The first-order valence-electron chi connectivity index (χ1n) is 10.6. The predicted molar refractivity (Wildman–Crippen MR) is 123 cm³/mol. The quantitative estimate of drug-likeness (QED) is 0.432. The van der Waals surface area contributed by atoms with Gasteiger partial charge in [0.1, 0.15) is 5.03 Å². The first-order chi connectivity index (χ1) is 15.6. The van der Waals surface area contributed by atoms with E-state index in [4.69, 9.17) is 9.68 Å². The molecule has 0 aliphatic carbocycles. The molecule has 1 aliphatic rings. The van der Waals surface area contributed by atoms with Gasteiger partial charge in [0.15, 0.2) is 11.6 Å². The molecule has 164 valence electrons. The Morgan fingerprint density at radius 1 is 1.16 bits per heavy atom. The van der Waals surface area contributed by atoms with Crippen molar-refractivity contribution >= 4 is 17.7 Å². The Morgan fingerprint density at radius 2 is 1.97 bits per heavy atom. The molecule has 32 heavy (non-hydrogen) atoms. The smallest absolute Gasteiger partial charge is 0.258 e. The number of hydrogen-bond donors (Lipinski definition) is 0. The summed E-state index contributed by atoms with van der Waals surface area (Å²) in [6.07, 6.45) is 4.42. The van der Waals surface area contributed by atoms with Crippen LogP contribution in [-0.2, 0) is 6.54 Å². The van der Waals surface area contributed by atoms with Crippen molar-refractivity contribution in [1.82, 2.24) is 19.8 Å². The number of nitriles is 1. The van der Waals surface area contributed by atoms with E-state index < -0.39 is 0 Å². The molecule has 0 spiro atoms. The molecular weight excluding hydrogens is 422 g/mol. The van der Waals surface area contributed by atoms with E-state index in [0.717, 1.165) is 26.1 Å². The first kappa shape index (κ1) is 22.1. The van der Waals surface area contributed by atoms with Crippen molar-refractivity contribution in [2.24, 2.45) is 0 Å². The van der Waals surface area contributed by atoms with E-state index in [1.807, 2.05) is 48.4 Å². The molecule has 4 rings (SSSR count). The maximum absolute atomic E-state index is 13.4. The van der Waals surface area contributed by atoms with Gasteiger partial charge in [0, 0.05) is 32.7 Å². The maximum Gasteiger partial charge on any atom is 0.258 e. The summed E-state index contributed by atoms with van der Waals surface area (Å²) < 4.78 is 5.43. The minimum atomic E-state index is -0.0157. The number of nitrogens with zero attached hydrogens (tertiary/aromatic N) is 5. The van der Waals surface area contributed by atoms with Crippen LogP contribution in [0.25, 0.3) is 11.6 Å². The van der Waals surface area contributed by atoms with Crippen LogP contribution in [0, 0.1) is 18.3 Å². The number of carbonyl (C=O) groups excluding carboxylic acids is 1. The second-order valence-corrected chi connectivity index (χ2v) is 8.52. The van der Waals surface area contributed by atoms with E-state index in [9.17, 15) is 4.79 Å². The summed E-state index contributed by atoms with van der Waals surface area (Å²) >= 11 is 1.45. The van der Waals surface area contributed by atoms with Gasteiger partial charge in [0.05, 0.1) is 29.2 Å². The fraction of sp³-hybridized carbons (Fsp3) is 0.333. The van der Waals surface area contributed by atoms with Gasteiger partial charge < -0.3 is 9.32 Å². The predicted octanol–water partition coefficient (Wildman–Crippen LogP) is 3.99. The van der Waals surface area contributed by atoms with Crippen LogP contribution in [0.3, 0.4) is 0 Å². The largest absolute Gasteiger partial charge is 0.461 e. The van der Waals surface area contributed by atoms with Crippen LogP contribution in [0.1, 0.15) is 33.6 Å². The number of hydrogen-bond acceptors (Lipinski definition) is 7. The zero-order valence-corrected chi connectivity index (χ0v) is 19.1. The van der Waals surface area contributed by atoms with Gasteiger partial charge in [0.25, 0.3) is 5.91 Å². The summed E-state index contributed by atoms with van der Waals surface area (Å²) in [5, 5.41) is 9.64. The lowest BCUT2D eigenvalue weighted by molar-refractivity contribution is 0.0755. The van der Waals surface area contributed by atoms with Crippen LogP contribution in [0.2, 0.25) is 0 Å². The molecule has 7 nitrogen and oxygen atoms in total. The van der Waals surface area contributed by atoms with Crippen LogP contribution in [0.5, 0.6) is 0 Å². The number of aryl methyl sites for hydroxylation is 1. The molecule has 3 aromatic rings. The number of amides is 1. The fourth-order valence-corrected chi connectivity index (χ4v) is 4.51. The van der Waals surface area contributed by atoms with Crippen molar-refractivity contribution in [1.29, 1.82) is 5.26 Å². The van der Waals surface area contributed by atoms with Gasteiger partial charge in [-0.2, -0.15) is 5.26 Å². The molecule has 2 aromatic heterocycles. The lowest BCUT2D eigenvalue weighted by atomic mass is 10.1. The molecule has 0 bridgehead atoms. The van der Waals surface area contributed by atoms with E-state index >= 15 is 0 Å². The zero-order valence-electron chi connectivity index (χ0n) is 18.2. The summed E-state index contributed by atoms with van der Waals surface area (Å²) in [7, 11) is 0. The van der Waals surface area contributed by atoms with Gasteiger partial charge >= 0.3 is 0 Å². The molecule has 8 heteroatoms. The Hall–Kier alpha value is -3.15. The van der Waals surface area contributed by atoms with Gasteiger partial charge in [-0.1, -0.05) is 12.1 Å². The van der Waals surface area contributed by atoms with Crippen molar-refractivity contribution < 1.29 is 9.21 Å². The molecule has 0 saturated carbocycles. The highest BCUT2D eigenvalue weighted by molar-refractivity contribution is 7.98. The third kappa shape index (κ3) is 4.85. The molecule has 0 atom stereocenters. The maximum atomic E-state index is 13.4. The summed E-state index contributed by atoms with van der Waals surface area (Å²) in [6, 6.07) is 13.5. The standard InChI is InChI=1S/C24H25N5O2S/c1-17-21(23(32-2)27-22(26-17)20-5-3-14-31-20)24(30)29-11-4-10-28(12-13-29)16-19-8-6-18(15-25)7-9-19/h3,5-9,14H,4,10-13,16H2,1-2H3. The molecule has 0 N–H and O–H groups in total. The Balaban J connectivity index is 1.47. The van der Waals surface area contributed by atoms with E-state index in [1.54, 1.807) is 12.3 Å². The number of furan rings is 1. The summed E-state index contributed by atoms with van der Waals surface area (Å²) in [4.78, 5) is 26.9. The third-order valence-corrected chi connectivity index (χ3v) is 6.25. The highest BCUT2D eigenvalue weighted by Gasteiger charge is 2.26. The summed E-state index contributed by atoms with van der Waals surface area (Å²) in [5.41, 5.74) is 3.08. The van der Waals surface area contributed by atoms with E-state index in [-0.39, 0.29) is 5.91 Å². The molecule has 1 fully saturated rings. The van der Waals surface area contributed by atoms with E-state index in [2.05, 4.69) is 20.9 Å². The number of benzene rings is 1. The van der Waals surface area contributed by atoms with Gasteiger partial charge in [0.2, 0.25) is 0 Å². The highest BCUT2D eigenvalue weighted by Crippen LogP contribution is 2.26. The summed E-state index contributed by atoms with van der Waals surface area (Å²) in [6.45, 7) is 5.74. The number of thioether (sulfide) groups is 1. The van der Waals surface area contributed by atoms with Crippen LogP contribution in [-0.4, -0.2) is 58.1 Å². The lowest BCUT2D eigenvalue weighted by Gasteiger charge is -2.23. The SMILES string of the molecule is CSc1nc(-c2ccco2)nc(C)c1C(=O)N1CCCN(Cc2ccc(C#N)cc2)CC1. The molecule has 1 aromatic carbocycles. The van der Waals surface area contributed by atoms with Crippen molar-refractivity contribution in [3.63, 3.8) is 0 Å². The Kier molecular flexibility index (Phi) is 6.88. The van der Waals surface area contributed by atoms with E-state index in [1.165, 1.54) is 17.3 Å². The van der Waals surface area contributed by atoms with E-state index in [0.29, 0.717) is 46.5 Å². The normalized spacial score (nSPS) is 14.7. The highest BCUT2D eigenvalue weighted by atomic mass is 32.2. The molecule has 1 aliphatic heterocycles. The molecule has 3 heterocycles. The minimum Gasteiger partial charge on any atom is -0.461 e. The first-order valence-corrected chi connectivity index (χ1v) is 11.8. The second-order valence-electron chi connectivity index (χ2n) is 7.72. The van der Waals surface area contributed by atoms with Crippen LogP contribution < -0.4 is 0 Å². The minimum absolute atomic E-state index is 0.0157. The Labute approximate surface area is 192 Å². The van der Waals surface area contributed by atoms with Crippen molar-refractivity contribution in [2.45, 2.75) is 24.9 Å².